The summed E-state index contributed by atoms with van der Waals surface area (Å²) < 4.78 is 0. The third kappa shape index (κ3) is 2.12. The zero-order chi connectivity index (χ0) is 13.4. The van der Waals surface area contributed by atoms with Crippen LogP contribution in [0.25, 0.3) is 0 Å². The minimum Gasteiger partial charge on any atom is -0.508 e. The van der Waals surface area contributed by atoms with Crippen molar-refractivity contribution >= 4 is 5.69 Å². The maximum atomic E-state index is 9.55. The van der Waals surface area contributed by atoms with Crippen molar-refractivity contribution in [2.75, 3.05) is 11.4 Å². The van der Waals surface area contributed by atoms with Gasteiger partial charge in [0.25, 0.3) is 0 Å². The summed E-state index contributed by atoms with van der Waals surface area (Å²) in [7, 11) is 0. The lowest BCUT2D eigenvalue weighted by atomic mass is 9.93. The molecule has 1 atom stereocenters. The van der Waals surface area contributed by atoms with Crippen molar-refractivity contribution in [3.63, 3.8) is 0 Å². The minimum atomic E-state index is 0.272. The predicted octanol–water partition coefficient (Wildman–Crippen LogP) is 3.22. The van der Waals surface area contributed by atoms with Gasteiger partial charge in [0, 0.05) is 12.2 Å². The molecule has 3 heteroatoms. The number of fused-ring (bicyclic) bond motifs is 1. The molecule has 2 aromatic rings. The van der Waals surface area contributed by atoms with Crippen molar-refractivity contribution in [3.05, 3.63) is 53.6 Å². The molecular formula is C16H17NO2. The van der Waals surface area contributed by atoms with E-state index in [1.807, 2.05) is 24.3 Å². The highest BCUT2D eigenvalue weighted by Gasteiger charge is 2.24. The molecule has 1 unspecified atom stereocenters. The molecular weight excluding hydrogens is 238 g/mol. The average Bonchev–Trinajstić information content (AvgIpc) is 2.40. The van der Waals surface area contributed by atoms with Crippen molar-refractivity contribution < 1.29 is 10.2 Å². The molecule has 2 N–H and O–H groups in total. The van der Waals surface area contributed by atoms with Gasteiger partial charge in [0.05, 0.1) is 6.04 Å². The van der Waals surface area contributed by atoms with Gasteiger partial charge in [0.15, 0.2) is 0 Å². The smallest absolute Gasteiger partial charge is 0.115 e. The number of phenols is 2. The normalized spacial score (nSPS) is 18.2. The molecule has 3 rings (SSSR count). The lowest BCUT2D eigenvalue weighted by molar-refractivity contribution is 0.472. The summed E-state index contributed by atoms with van der Waals surface area (Å²) in [5.41, 5.74) is 3.60. The number of anilines is 1. The molecule has 1 aliphatic rings. The molecule has 0 saturated carbocycles. The quantitative estimate of drug-likeness (QED) is 0.822. The summed E-state index contributed by atoms with van der Waals surface area (Å²) >= 11 is 0. The van der Waals surface area contributed by atoms with Crippen LogP contribution >= 0.6 is 0 Å². The second-order valence-corrected chi connectivity index (χ2v) is 5.02. The van der Waals surface area contributed by atoms with E-state index in [0.717, 1.165) is 18.7 Å². The Hall–Kier alpha value is -2.16. The van der Waals surface area contributed by atoms with E-state index in [1.165, 1.54) is 11.1 Å². The third-order valence-electron chi connectivity index (χ3n) is 3.85. The van der Waals surface area contributed by atoms with Crippen LogP contribution in [0.1, 0.15) is 24.1 Å². The van der Waals surface area contributed by atoms with Gasteiger partial charge in [-0.2, -0.15) is 0 Å². The Morgan fingerprint density at radius 3 is 2.42 bits per heavy atom. The third-order valence-corrected chi connectivity index (χ3v) is 3.85. The van der Waals surface area contributed by atoms with Crippen LogP contribution in [0.2, 0.25) is 0 Å². The van der Waals surface area contributed by atoms with Crippen LogP contribution in [0.3, 0.4) is 0 Å². The minimum absolute atomic E-state index is 0.272. The van der Waals surface area contributed by atoms with Crippen LogP contribution in [-0.4, -0.2) is 16.8 Å². The fourth-order valence-electron chi connectivity index (χ4n) is 2.82. The SMILES string of the molecule is CC1c2ccc(O)cc2CCN1c1ccc(O)cc1. The van der Waals surface area contributed by atoms with Gasteiger partial charge in [0.2, 0.25) is 0 Å². The monoisotopic (exact) mass is 255 g/mol. The molecule has 0 amide bonds. The summed E-state index contributed by atoms with van der Waals surface area (Å²) in [6.45, 7) is 3.09. The molecule has 0 saturated heterocycles. The highest BCUT2D eigenvalue weighted by molar-refractivity contribution is 5.54. The zero-order valence-electron chi connectivity index (χ0n) is 10.9. The van der Waals surface area contributed by atoms with Gasteiger partial charge >= 0.3 is 0 Å². The van der Waals surface area contributed by atoms with Crippen LogP contribution in [0.15, 0.2) is 42.5 Å². The number of benzene rings is 2. The largest absolute Gasteiger partial charge is 0.508 e. The van der Waals surface area contributed by atoms with E-state index in [2.05, 4.69) is 11.8 Å². The molecule has 0 fully saturated rings. The molecule has 1 heterocycles. The van der Waals surface area contributed by atoms with Crippen molar-refractivity contribution in [1.82, 2.24) is 0 Å². The number of hydrogen-bond acceptors (Lipinski definition) is 3. The first-order valence-corrected chi connectivity index (χ1v) is 6.52. The Morgan fingerprint density at radius 2 is 1.68 bits per heavy atom. The molecule has 0 aromatic heterocycles. The Balaban J connectivity index is 1.95. The molecule has 98 valence electrons. The fraction of sp³-hybridized carbons (Fsp3) is 0.250. The number of nitrogens with zero attached hydrogens (tertiary/aromatic N) is 1. The molecule has 0 spiro atoms. The van der Waals surface area contributed by atoms with E-state index in [-0.39, 0.29) is 6.04 Å². The second kappa shape index (κ2) is 4.50. The summed E-state index contributed by atoms with van der Waals surface area (Å²) in [5.74, 6) is 0.628. The van der Waals surface area contributed by atoms with Crippen LogP contribution in [0, 0.1) is 0 Å². The number of aromatic hydroxyl groups is 2. The van der Waals surface area contributed by atoms with Gasteiger partial charge in [-0.1, -0.05) is 6.07 Å². The van der Waals surface area contributed by atoms with Gasteiger partial charge in [-0.25, -0.2) is 0 Å². The average molecular weight is 255 g/mol. The van der Waals surface area contributed by atoms with Gasteiger partial charge in [-0.15, -0.1) is 0 Å². The second-order valence-electron chi connectivity index (χ2n) is 5.02. The molecule has 2 aromatic carbocycles. The Labute approximate surface area is 112 Å². The Kier molecular flexibility index (Phi) is 2.82. The molecule has 3 nitrogen and oxygen atoms in total. The van der Waals surface area contributed by atoms with Crippen molar-refractivity contribution in [1.29, 1.82) is 0 Å². The van der Waals surface area contributed by atoms with E-state index in [4.69, 9.17) is 0 Å². The lowest BCUT2D eigenvalue weighted by Gasteiger charge is -2.37. The first-order valence-electron chi connectivity index (χ1n) is 6.52. The van der Waals surface area contributed by atoms with Gasteiger partial charge < -0.3 is 15.1 Å². The lowest BCUT2D eigenvalue weighted by Crippen LogP contribution is -2.33. The van der Waals surface area contributed by atoms with E-state index >= 15 is 0 Å². The van der Waals surface area contributed by atoms with Crippen LogP contribution in [-0.2, 0) is 6.42 Å². The molecule has 19 heavy (non-hydrogen) atoms. The van der Waals surface area contributed by atoms with Gasteiger partial charge in [-0.05, 0) is 60.9 Å². The van der Waals surface area contributed by atoms with Crippen LogP contribution in [0.5, 0.6) is 11.5 Å². The molecule has 0 bridgehead atoms. The zero-order valence-corrected chi connectivity index (χ0v) is 10.9. The number of rotatable bonds is 1. The summed E-state index contributed by atoms with van der Waals surface area (Å²) in [6, 6.07) is 13.2. The number of phenolic OH excluding ortho intramolecular Hbond substituents is 2. The van der Waals surface area contributed by atoms with Crippen LogP contribution in [0.4, 0.5) is 5.69 Å². The number of hydrogen-bond donors (Lipinski definition) is 2. The highest BCUT2D eigenvalue weighted by atomic mass is 16.3. The predicted molar refractivity (Wildman–Crippen MR) is 75.7 cm³/mol. The molecule has 1 aliphatic heterocycles. The van der Waals surface area contributed by atoms with E-state index in [1.54, 1.807) is 18.2 Å². The van der Waals surface area contributed by atoms with Crippen LogP contribution < -0.4 is 4.90 Å². The first-order chi connectivity index (χ1) is 9.15. The molecule has 0 aliphatic carbocycles. The van der Waals surface area contributed by atoms with Gasteiger partial charge in [-0.3, -0.25) is 0 Å². The van der Waals surface area contributed by atoms with Crippen molar-refractivity contribution in [3.8, 4) is 11.5 Å². The van der Waals surface area contributed by atoms with Crippen molar-refractivity contribution in [2.24, 2.45) is 0 Å². The Morgan fingerprint density at radius 1 is 1.00 bits per heavy atom. The highest BCUT2D eigenvalue weighted by Crippen LogP contribution is 2.35. The van der Waals surface area contributed by atoms with Crippen molar-refractivity contribution in [2.45, 2.75) is 19.4 Å². The fourth-order valence-corrected chi connectivity index (χ4v) is 2.82. The summed E-state index contributed by atoms with van der Waals surface area (Å²) in [4.78, 5) is 2.32. The maximum absolute atomic E-state index is 9.55. The standard InChI is InChI=1S/C16H17NO2/c1-11-16-7-6-15(19)10-12(16)8-9-17(11)13-2-4-14(18)5-3-13/h2-7,10-11,18-19H,8-9H2,1H3. The van der Waals surface area contributed by atoms with E-state index in [0.29, 0.717) is 11.5 Å². The maximum Gasteiger partial charge on any atom is 0.115 e. The Bertz CT molecular complexity index is 592. The van der Waals surface area contributed by atoms with E-state index < -0.39 is 0 Å². The topological polar surface area (TPSA) is 43.7 Å². The first kappa shape index (κ1) is 11.9. The van der Waals surface area contributed by atoms with Gasteiger partial charge in [0.1, 0.15) is 11.5 Å². The summed E-state index contributed by atoms with van der Waals surface area (Å²) in [5, 5.41) is 18.9. The summed E-state index contributed by atoms with van der Waals surface area (Å²) in [6.07, 6.45) is 0.926. The molecule has 0 radical (unpaired) electrons. The van der Waals surface area contributed by atoms with E-state index in [9.17, 15) is 10.2 Å².